The van der Waals surface area contributed by atoms with Gasteiger partial charge >= 0.3 is 0 Å². The van der Waals surface area contributed by atoms with Gasteiger partial charge in [-0.05, 0) is 18.2 Å². The Balaban J connectivity index is 1.99. The topological polar surface area (TPSA) is 29.5 Å². The molecular weight excluding hydrogens is 267 g/mol. The van der Waals surface area contributed by atoms with Gasteiger partial charge in [-0.3, -0.25) is 0 Å². The smallest absolute Gasteiger partial charge is 0.128 e. The highest BCUT2D eigenvalue weighted by Crippen LogP contribution is 2.42. The number of benzene rings is 2. The fraction of sp³-hybridized carbons (Fsp3) is 0.200. The van der Waals surface area contributed by atoms with Crippen LogP contribution < -0.4 is 4.74 Å². The molecule has 1 unspecified atom stereocenters. The van der Waals surface area contributed by atoms with E-state index in [-0.39, 0.29) is 11.9 Å². The molecule has 0 amide bonds. The van der Waals surface area contributed by atoms with Crippen LogP contribution in [0.25, 0.3) is 0 Å². The van der Waals surface area contributed by atoms with Gasteiger partial charge in [0.05, 0.1) is 6.10 Å². The molecule has 98 valence electrons. The SMILES string of the molecule is O[C@@H]1CC(c2ccccc2Cl)Oc2cc(F)ccc21. The minimum Gasteiger partial charge on any atom is -0.485 e. The molecule has 0 aromatic heterocycles. The maximum absolute atomic E-state index is 13.2. The summed E-state index contributed by atoms with van der Waals surface area (Å²) in [6.07, 6.45) is -0.633. The monoisotopic (exact) mass is 278 g/mol. The molecule has 0 bridgehead atoms. The molecule has 2 aromatic rings. The number of hydrogen-bond acceptors (Lipinski definition) is 2. The van der Waals surface area contributed by atoms with E-state index in [1.165, 1.54) is 12.1 Å². The Morgan fingerprint density at radius 2 is 1.95 bits per heavy atom. The number of aliphatic hydroxyl groups is 1. The van der Waals surface area contributed by atoms with E-state index in [0.29, 0.717) is 22.8 Å². The number of aliphatic hydroxyl groups excluding tert-OH is 1. The predicted molar refractivity (Wildman–Crippen MR) is 70.8 cm³/mol. The van der Waals surface area contributed by atoms with Gasteiger partial charge in [0.25, 0.3) is 0 Å². The molecule has 1 aliphatic heterocycles. The highest BCUT2D eigenvalue weighted by Gasteiger charge is 2.29. The molecule has 1 heterocycles. The molecule has 3 rings (SSSR count). The number of rotatable bonds is 1. The second-order valence-corrected chi connectivity index (χ2v) is 4.97. The van der Waals surface area contributed by atoms with Gasteiger partial charge in [-0.1, -0.05) is 29.8 Å². The van der Waals surface area contributed by atoms with Gasteiger partial charge in [-0.25, -0.2) is 4.39 Å². The lowest BCUT2D eigenvalue weighted by Crippen LogP contribution is -2.19. The van der Waals surface area contributed by atoms with Gasteiger partial charge in [0.2, 0.25) is 0 Å². The highest BCUT2D eigenvalue weighted by atomic mass is 35.5. The summed E-state index contributed by atoms with van der Waals surface area (Å²) in [6.45, 7) is 0. The van der Waals surface area contributed by atoms with Gasteiger partial charge in [-0.15, -0.1) is 0 Å². The maximum Gasteiger partial charge on any atom is 0.128 e. The van der Waals surface area contributed by atoms with Gasteiger partial charge in [0, 0.05) is 28.6 Å². The second-order valence-electron chi connectivity index (χ2n) is 4.56. The molecule has 0 aliphatic carbocycles. The van der Waals surface area contributed by atoms with E-state index in [1.54, 1.807) is 12.1 Å². The summed E-state index contributed by atoms with van der Waals surface area (Å²) < 4.78 is 19.0. The Bertz CT molecular complexity index is 615. The highest BCUT2D eigenvalue weighted by molar-refractivity contribution is 6.31. The van der Waals surface area contributed by atoms with E-state index in [4.69, 9.17) is 16.3 Å². The third-order valence-electron chi connectivity index (χ3n) is 3.29. The van der Waals surface area contributed by atoms with Crippen molar-refractivity contribution in [3.63, 3.8) is 0 Å². The molecule has 0 fully saturated rings. The summed E-state index contributed by atoms with van der Waals surface area (Å²) in [5.74, 6) is -0.00516. The Kier molecular flexibility index (Phi) is 3.17. The molecule has 1 N–H and O–H groups in total. The Hall–Kier alpha value is -1.58. The number of halogens is 2. The van der Waals surface area contributed by atoms with Crippen molar-refractivity contribution in [3.05, 3.63) is 64.4 Å². The van der Waals surface area contributed by atoms with Crippen molar-refractivity contribution in [2.24, 2.45) is 0 Å². The molecule has 1 aliphatic rings. The van der Waals surface area contributed by atoms with Crippen molar-refractivity contribution in [1.82, 2.24) is 0 Å². The van der Waals surface area contributed by atoms with Crippen LogP contribution in [0.1, 0.15) is 29.8 Å². The molecule has 2 nitrogen and oxygen atoms in total. The zero-order chi connectivity index (χ0) is 13.4. The first-order valence-electron chi connectivity index (χ1n) is 6.04. The average molecular weight is 279 g/mol. The van der Waals surface area contributed by atoms with Crippen molar-refractivity contribution in [2.45, 2.75) is 18.6 Å². The van der Waals surface area contributed by atoms with Crippen molar-refractivity contribution in [2.75, 3.05) is 0 Å². The third-order valence-corrected chi connectivity index (χ3v) is 3.64. The molecule has 19 heavy (non-hydrogen) atoms. The Labute approximate surface area is 115 Å². The minimum atomic E-state index is -0.675. The fourth-order valence-corrected chi connectivity index (χ4v) is 2.60. The maximum atomic E-state index is 13.2. The summed E-state index contributed by atoms with van der Waals surface area (Å²) >= 11 is 6.13. The predicted octanol–water partition coefficient (Wildman–Crippen LogP) is 4.04. The third kappa shape index (κ3) is 2.31. The van der Waals surface area contributed by atoms with Crippen LogP contribution in [0.5, 0.6) is 5.75 Å². The van der Waals surface area contributed by atoms with E-state index < -0.39 is 6.10 Å². The molecule has 0 saturated heterocycles. The minimum absolute atomic E-state index is 0.363. The van der Waals surface area contributed by atoms with Crippen molar-refractivity contribution in [1.29, 1.82) is 0 Å². The molecule has 2 atom stereocenters. The molecule has 4 heteroatoms. The lowest BCUT2D eigenvalue weighted by atomic mass is 9.95. The van der Waals surface area contributed by atoms with E-state index in [9.17, 15) is 9.50 Å². The van der Waals surface area contributed by atoms with Crippen LogP contribution in [0.2, 0.25) is 5.02 Å². The largest absolute Gasteiger partial charge is 0.485 e. The summed E-state index contributed by atoms with van der Waals surface area (Å²) in [5, 5.41) is 10.7. The number of ether oxygens (including phenoxy) is 1. The van der Waals surface area contributed by atoms with E-state index in [1.807, 2.05) is 18.2 Å². The fourth-order valence-electron chi connectivity index (χ4n) is 2.34. The molecular formula is C15H12ClFO2. The standard InChI is InChI=1S/C15H12ClFO2/c16-12-4-2-1-3-10(12)15-8-13(18)11-6-5-9(17)7-14(11)19-15/h1-7,13,15,18H,8H2/t13-,15?/m1/s1. The number of hydrogen-bond donors (Lipinski definition) is 1. The summed E-state index contributed by atoms with van der Waals surface area (Å²) in [4.78, 5) is 0. The second kappa shape index (κ2) is 4.83. The van der Waals surface area contributed by atoms with Crippen LogP contribution in [0, 0.1) is 5.82 Å². The number of fused-ring (bicyclic) bond motifs is 1. The van der Waals surface area contributed by atoms with E-state index in [0.717, 1.165) is 5.56 Å². The van der Waals surface area contributed by atoms with Crippen LogP contribution in [0.3, 0.4) is 0 Å². The van der Waals surface area contributed by atoms with E-state index >= 15 is 0 Å². The Morgan fingerprint density at radius 3 is 2.74 bits per heavy atom. The first-order valence-corrected chi connectivity index (χ1v) is 6.41. The van der Waals surface area contributed by atoms with Crippen LogP contribution >= 0.6 is 11.6 Å². The van der Waals surface area contributed by atoms with E-state index in [2.05, 4.69) is 0 Å². The summed E-state index contributed by atoms with van der Waals surface area (Å²) in [6, 6.07) is 11.5. The van der Waals surface area contributed by atoms with Crippen molar-refractivity contribution < 1.29 is 14.2 Å². The first kappa shape index (κ1) is 12.5. The average Bonchev–Trinajstić information content (AvgIpc) is 2.38. The van der Waals surface area contributed by atoms with Crippen LogP contribution in [0.4, 0.5) is 4.39 Å². The van der Waals surface area contributed by atoms with Crippen molar-refractivity contribution >= 4 is 11.6 Å². The zero-order valence-corrected chi connectivity index (χ0v) is 10.8. The lowest BCUT2D eigenvalue weighted by molar-refractivity contribution is 0.0654. The van der Waals surface area contributed by atoms with Gasteiger partial charge in [0.15, 0.2) is 0 Å². The van der Waals surface area contributed by atoms with Crippen molar-refractivity contribution in [3.8, 4) is 5.75 Å². The molecule has 0 radical (unpaired) electrons. The Morgan fingerprint density at radius 1 is 1.16 bits per heavy atom. The van der Waals surface area contributed by atoms with Crippen LogP contribution in [-0.2, 0) is 0 Å². The van der Waals surface area contributed by atoms with Gasteiger partial charge < -0.3 is 9.84 Å². The normalized spacial score (nSPS) is 21.6. The van der Waals surface area contributed by atoms with Gasteiger partial charge in [0.1, 0.15) is 17.7 Å². The van der Waals surface area contributed by atoms with Crippen LogP contribution in [-0.4, -0.2) is 5.11 Å². The summed E-state index contributed by atoms with van der Waals surface area (Å²) in [7, 11) is 0. The molecule has 0 spiro atoms. The zero-order valence-electron chi connectivity index (χ0n) is 10.0. The lowest BCUT2D eigenvalue weighted by Gasteiger charge is -2.30. The first-order chi connectivity index (χ1) is 9.15. The summed E-state index contributed by atoms with van der Waals surface area (Å²) in [5.41, 5.74) is 1.42. The molecule has 0 saturated carbocycles. The van der Waals surface area contributed by atoms with Crippen LogP contribution in [0.15, 0.2) is 42.5 Å². The van der Waals surface area contributed by atoms with Gasteiger partial charge in [-0.2, -0.15) is 0 Å². The molecule has 2 aromatic carbocycles. The quantitative estimate of drug-likeness (QED) is 0.853.